The van der Waals surface area contributed by atoms with Crippen molar-refractivity contribution in [3.05, 3.63) is 65.6 Å². The first kappa shape index (κ1) is 10.3. The van der Waals surface area contributed by atoms with Gasteiger partial charge in [-0.05, 0) is 24.3 Å². The molecule has 3 heteroatoms. The lowest BCUT2D eigenvalue weighted by molar-refractivity contribution is 0.682. The first-order valence-corrected chi connectivity index (χ1v) is 6.95. The van der Waals surface area contributed by atoms with Crippen molar-refractivity contribution in [2.24, 2.45) is 4.36 Å². The first-order valence-electron chi connectivity index (χ1n) is 5.37. The zero-order valence-electron chi connectivity index (χ0n) is 9.11. The number of hydrogen-bond acceptors (Lipinski definition) is 2. The SMILES string of the molecule is O=S1(c2ccccc2)=Nc2ccccc2C=C1. The number of benzene rings is 2. The van der Waals surface area contributed by atoms with E-state index in [9.17, 15) is 4.21 Å². The molecule has 0 amide bonds. The van der Waals surface area contributed by atoms with Gasteiger partial charge in [-0.3, -0.25) is 0 Å². The Balaban J connectivity index is 2.23. The van der Waals surface area contributed by atoms with E-state index in [0.717, 1.165) is 16.1 Å². The maximum atomic E-state index is 12.7. The molecule has 0 fully saturated rings. The lowest BCUT2D eigenvalue weighted by atomic mass is 10.2. The predicted molar refractivity (Wildman–Crippen MR) is 70.4 cm³/mol. The number of fused-ring (bicyclic) bond motifs is 1. The molecule has 2 aromatic carbocycles. The van der Waals surface area contributed by atoms with E-state index in [1.807, 2.05) is 60.7 Å². The van der Waals surface area contributed by atoms with Crippen LogP contribution in [0.2, 0.25) is 0 Å². The Morgan fingerprint density at radius 1 is 0.882 bits per heavy atom. The van der Waals surface area contributed by atoms with Crippen LogP contribution in [0.5, 0.6) is 0 Å². The Kier molecular flexibility index (Phi) is 2.34. The van der Waals surface area contributed by atoms with Crippen LogP contribution < -0.4 is 0 Å². The van der Waals surface area contributed by atoms with Gasteiger partial charge in [0.25, 0.3) is 0 Å². The smallest absolute Gasteiger partial charge is 0.102 e. The highest BCUT2D eigenvalue weighted by Gasteiger charge is 2.13. The minimum atomic E-state index is -2.44. The molecule has 1 aliphatic heterocycles. The summed E-state index contributed by atoms with van der Waals surface area (Å²) in [4.78, 5) is 0.755. The summed E-state index contributed by atoms with van der Waals surface area (Å²) in [6.07, 6.45) is 1.89. The van der Waals surface area contributed by atoms with E-state index >= 15 is 0 Å². The van der Waals surface area contributed by atoms with Crippen LogP contribution in [0.25, 0.3) is 6.08 Å². The number of nitrogens with zero attached hydrogens (tertiary/aromatic N) is 1. The van der Waals surface area contributed by atoms with E-state index in [4.69, 9.17) is 0 Å². The molecule has 0 radical (unpaired) electrons. The molecule has 2 aromatic rings. The van der Waals surface area contributed by atoms with Gasteiger partial charge in [0.15, 0.2) is 0 Å². The van der Waals surface area contributed by atoms with Crippen molar-refractivity contribution in [3.8, 4) is 0 Å². The van der Waals surface area contributed by atoms with E-state index in [1.165, 1.54) is 0 Å². The highest BCUT2D eigenvalue weighted by molar-refractivity contribution is 7.96. The Morgan fingerprint density at radius 2 is 1.59 bits per heavy atom. The second-order valence-electron chi connectivity index (χ2n) is 3.83. The van der Waals surface area contributed by atoms with Crippen LogP contribution in [0.4, 0.5) is 5.69 Å². The summed E-state index contributed by atoms with van der Waals surface area (Å²) < 4.78 is 17.1. The van der Waals surface area contributed by atoms with E-state index in [-0.39, 0.29) is 0 Å². The minimum Gasteiger partial charge on any atom is -0.240 e. The molecule has 0 spiro atoms. The first-order chi connectivity index (χ1) is 8.28. The summed E-state index contributed by atoms with van der Waals surface area (Å²) in [7, 11) is -2.44. The summed E-state index contributed by atoms with van der Waals surface area (Å²) in [5.41, 5.74) is 1.81. The van der Waals surface area contributed by atoms with Gasteiger partial charge in [-0.15, -0.1) is 0 Å². The second kappa shape index (κ2) is 3.86. The fourth-order valence-electron chi connectivity index (χ4n) is 1.80. The minimum absolute atomic E-state index is 0.755. The molecule has 0 N–H and O–H groups in total. The molecule has 2 nitrogen and oxygen atoms in total. The van der Waals surface area contributed by atoms with E-state index in [0.29, 0.717) is 0 Å². The lowest BCUT2D eigenvalue weighted by Crippen LogP contribution is -1.98. The van der Waals surface area contributed by atoms with Gasteiger partial charge < -0.3 is 0 Å². The molecular weight excluding hydrogens is 230 g/mol. The van der Waals surface area contributed by atoms with Crippen molar-refractivity contribution in [2.75, 3.05) is 0 Å². The number of hydrogen-bond donors (Lipinski definition) is 0. The van der Waals surface area contributed by atoms with Crippen LogP contribution in [0, 0.1) is 0 Å². The highest BCUT2D eigenvalue weighted by atomic mass is 32.2. The summed E-state index contributed by atoms with van der Waals surface area (Å²) in [5.74, 6) is 0. The Hall–Kier alpha value is -1.87. The molecule has 0 aliphatic carbocycles. The van der Waals surface area contributed by atoms with Crippen LogP contribution in [-0.2, 0) is 9.73 Å². The van der Waals surface area contributed by atoms with Crippen molar-refractivity contribution in [3.63, 3.8) is 0 Å². The summed E-state index contributed by atoms with van der Waals surface area (Å²) >= 11 is 0. The quantitative estimate of drug-likeness (QED) is 0.746. The number of rotatable bonds is 1. The third kappa shape index (κ3) is 1.78. The van der Waals surface area contributed by atoms with Gasteiger partial charge in [0.1, 0.15) is 9.73 Å². The summed E-state index contributed by atoms with van der Waals surface area (Å²) in [6, 6.07) is 17.1. The largest absolute Gasteiger partial charge is 0.240 e. The van der Waals surface area contributed by atoms with Crippen LogP contribution in [-0.4, -0.2) is 4.21 Å². The van der Waals surface area contributed by atoms with Gasteiger partial charge in [0.05, 0.1) is 10.6 Å². The van der Waals surface area contributed by atoms with E-state index < -0.39 is 9.73 Å². The van der Waals surface area contributed by atoms with Gasteiger partial charge in [-0.1, -0.05) is 36.4 Å². The molecular formula is C14H11NOS. The molecule has 84 valence electrons. The fraction of sp³-hybridized carbons (Fsp3) is 0. The Bertz CT molecular complexity index is 695. The van der Waals surface area contributed by atoms with Gasteiger partial charge >= 0.3 is 0 Å². The van der Waals surface area contributed by atoms with Crippen molar-refractivity contribution >= 4 is 21.5 Å². The zero-order valence-corrected chi connectivity index (χ0v) is 9.93. The highest BCUT2D eigenvalue weighted by Crippen LogP contribution is 2.30. The molecule has 3 rings (SSSR count). The molecule has 0 saturated carbocycles. The molecule has 1 atom stereocenters. The summed E-state index contributed by atoms with van der Waals surface area (Å²) in [5, 5.41) is 1.70. The maximum Gasteiger partial charge on any atom is 0.102 e. The molecule has 1 heterocycles. The Labute approximate surface area is 101 Å². The van der Waals surface area contributed by atoms with Crippen molar-refractivity contribution < 1.29 is 4.21 Å². The van der Waals surface area contributed by atoms with Gasteiger partial charge in [-0.2, -0.15) is 4.36 Å². The van der Waals surface area contributed by atoms with Crippen LogP contribution in [0.3, 0.4) is 0 Å². The molecule has 0 aromatic heterocycles. The topological polar surface area (TPSA) is 29.4 Å². The third-order valence-corrected chi connectivity index (χ3v) is 4.60. The van der Waals surface area contributed by atoms with Crippen molar-refractivity contribution in [1.29, 1.82) is 0 Å². The van der Waals surface area contributed by atoms with Crippen LogP contribution in [0.15, 0.2) is 69.3 Å². The molecule has 1 aliphatic rings. The molecule has 17 heavy (non-hydrogen) atoms. The van der Waals surface area contributed by atoms with Gasteiger partial charge in [0, 0.05) is 11.0 Å². The Morgan fingerprint density at radius 3 is 2.41 bits per heavy atom. The van der Waals surface area contributed by atoms with Crippen molar-refractivity contribution in [1.82, 2.24) is 0 Å². The lowest BCUT2D eigenvalue weighted by Gasteiger charge is -2.11. The van der Waals surface area contributed by atoms with Crippen LogP contribution in [0.1, 0.15) is 5.56 Å². The van der Waals surface area contributed by atoms with E-state index in [1.54, 1.807) is 5.41 Å². The second-order valence-corrected chi connectivity index (χ2v) is 5.90. The zero-order chi connectivity index (χ0) is 11.7. The molecule has 0 bridgehead atoms. The molecule has 0 saturated heterocycles. The fourth-order valence-corrected chi connectivity index (χ4v) is 3.46. The average molecular weight is 241 g/mol. The normalized spacial score (nSPS) is 21.6. The summed E-state index contributed by atoms with van der Waals surface area (Å²) in [6.45, 7) is 0. The third-order valence-electron chi connectivity index (χ3n) is 2.68. The molecule has 1 unspecified atom stereocenters. The standard InChI is InChI=1S/C14H11NOS/c16-17(13-7-2-1-3-8-13)11-10-12-6-4-5-9-14(12)15-17/h1-11H. The van der Waals surface area contributed by atoms with Gasteiger partial charge in [-0.25, -0.2) is 4.21 Å². The van der Waals surface area contributed by atoms with Gasteiger partial charge in [0.2, 0.25) is 0 Å². The van der Waals surface area contributed by atoms with Crippen molar-refractivity contribution in [2.45, 2.75) is 4.90 Å². The maximum absolute atomic E-state index is 12.7. The monoisotopic (exact) mass is 241 g/mol. The van der Waals surface area contributed by atoms with E-state index in [2.05, 4.69) is 4.36 Å². The predicted octanol–water partition coefficient (Wildman–Crippen LogP) is 3.83. The average Bonchev–Trinajstić information content (AvgIpc) is 2.40. The van der Waals surface area contributed by atoms with Crippen LogP contribution >= 0.6 is 0 Å².